The molecule has 1 unspecified atom stereocenters. The normalized spacial score (nSPS) is 23.7. The lowest BCUT2D eigenvalue weighted by Gasteiger charge is -2.40. The monoisotopic (exact) mass is 275 g/mol. The molecule has 1 aliphatic rings. The first kappa shape index (κ1) is 13.1. The van der Waals surface area contributed by atoms with Crippen LogP contribution in [0.5, 0.6) is 0 Å². The van der Waals surface area contributed by atoms with Crippen molar-refractivity contribution in [3.63, 3.8) is 0 Å². The second-order valence-corrected chi connectivity index (χ2v) is 4.86. The number of fused-ring (bicyclic) bond motifs is 1. The lowest BCUT2D eigenvalue weighted by atomic mass is 9.94. The van der Waals surface area contributed by atoms with Crippen molar-refractivity contribution < 1.29 is 13.5 Å². The summed E-state index contributed by atoms with van der Waals surface area (Å²) >= 11 is 0. The zero-order chi connectivity index (χ0) is 14.4. The van der Waals surface area contributed by atoms with Crippen molar-refractivity contribution >= 4 is 5.69 Å². The number of nitrogens with zero attached hydrogens (tertiary/aromatic N) is 1. The van der Waals surface area contributed by atoms with E-state index in [9.17, 15) is 0 Å². The minimum Gasteiger partial charge on any atom is -0.349 e. The van der Waals surface area contributed by atoms with Crippen LogP contribution in [0.1, 0.15) is 11.1 Å². The SMILES string of the molecule is COC1(c2ccccc2)N(C)c2ccccc2C1(F)F. The molecule has 0 spiro atoms. The van der Waals surface area contributed by atoms with Gasteiger partial charge in [0.25, 0.3) is 0 Å². The van der Waals surface area contributed by atoms with Gasteiger partial charge in [-0.15, -0.1) is 0 Å². The molecule has 20 heavy (non-hydrogen) atoms. The molecular weight excluding hydrogens is 260 g/mol. The smallest absolute Gasteiger partial charge is 0.326 e. The van der Waals surface area contributed by atoms with Crippen LogP contribution in [0, 0.1) is 0 Å². The molecule has 3 rings (SSSR count). The average Bonchev–Trinajstić information content (AvgIpc) is 2.66. The molecule has 1 aliphatic heterocycles. The van der Waals surface area contributed by atoms with Gasteiger partial charge in [0.05, 0.1) is 0 Å². The third kappa shape index (κ3) is 1.40. The van der Waals surface area contributed by atoms with Crippen molar-refractivity contribution in [2.24, 2.45) is 0 Å². The molecule has 0 fully saturated rings. The zero-order valence-electron chi connectivity index (χ0n) is 11.3. The third-order valence-corrected chi connectivity index (χ3v) is 3.96. The van der Waals surface area contributed by atoms with Gasteiger partial charge >= 0.3 is 5.92 Å². The summed E-state index contributed by atoms with van der Waals surface area (Å²) in [6, 6.07) is 15.1. The Kier molecular flexibility index (Phi) is 2.80. The molecular formula is C16H15F2NO. The summed E-state index contributed by atoms with van der Waals surface area (Å²) in [5.74, 6) is -3.13. The van der Waals surface area contributed by atoms with E-state index in [1.165, 1.54) is 18.1 Å². The van der Waals surface area contributed by atoms with Crippen molar-refractivity contribution in [2.75, 3.05) is 19.1 Å². The summed E-state index contributed by atoms with van der Waals surface area (Å²) in [6.45, 7) is 0. The lowest BCUT2D eigenvalue weighted by molar-refractivity contribution is -0.199. The first-order valence-corrected chi connectivity index (χ1v) is 6.37. The molecule has 0 bridgehead atoms. The summed E-state index contributed by atoms with van der Waals surface area (Å²) < 4.78 is 35.4. The number of anilines is 1. The fraction of sp³-hybridized carbons (Fsp3) is 0.250. The van der Waals surface area contributed by atoms with E-state index in [2.05, 4.69) is 0 Å². The van der Waals surface area contributed by atoms with E-state index in [4.69, 9.17) is 4.74 Å². The van der Waals surface area contributed by atoms with E-state index < -0.39 is 11.6 Å². The van der Waals surface area contributed by atoms with Gasteiger partial charge in [-0.25, -0.2) is 0 Å². The van der Waals surface area contributed by atoms with Gasteiger partial charge in [-0.3, -0.25) is 0 Å². The molecule has 1 heterocycles. The van der Waals surface area contributed by atoms with Crippen molar-refractivity contribution in [3.8, 4) is 0 Å². The Balaban J connectivity index is 2.28. The first-order chi connectivity index (χ1) is 9.55. The molecule has 0 radical (unpaired) electrons. The molecule has 0 saturated carbocycles. The highest BCUT2D eigenvalue weighted by Gasteiger charge is 2.65. The largest absolute Gasteiger partial charge is 0.349 e. The molecule has 0 amide bonds. The third-order valence-electron chi connectivity index (χ3n) is 3.96. The van der Waals surface area contributed by atoms with Gasteiger partial charge in [0.15, 0.2) is 0 Å². The molecule has 0 aliphatic carbocycles. The van der Waals surface area contributed by atoms with Gasteiger partial charge in [0, 0.05) is 31.0 Å². The topological polar surface area (TPSA) is 12.5 Å². The van der Waals surface area contributed by atoms with Crippen LogP contribution >= 0.6 is 0 Å². The number of para-hydroxylation sites is 1. The quantitative estimate of drug-likeness (QED) is 0.828. The minimum atomic E-state index is -3.13. The maximum Gasteiger partial charge on any atom is 0.326 e. The molecule has 0 N–H and O–H groups in total. The van der Waals surface area contributed by atoms with E-state index >= 15 is 8.78 Å². The number of alkyl halides is 2. The van der Waals surface area contributed by atoms with Crippen LogP contribution < -0.4 is 4.90 Å². The number of benzene rings is 2. The molecule has 2 aromatic rings. The fourth-order valence-corrected chi connectivity index (χ4v) is 3.02. The van der Waals surface area contributed by atoms with Crippen LogP contribution in [-0.2, 0) is 16.4 Å². The second kappa shape index (κ2) is 4.28. The number of methoxy groups -OCH3 is 1. The first-order valence-electron chi connectivity index (χ1n) is 6.37. The van der Waals surface area contributed by atoms with E-state index in [0.717, 1.165) is 0 Å². The average molecular weight is 275 g/mol. The fourth-order valence-electron chi connectivity index (χ4n) is 3.02. The number of likely N-dealkylation sites (N-methyl/N-ethyl adjacent to an activating group) is 1. The van der Waals surface area contributed by atoms with Crippen molar-refractivity contribution in [2.45, 2.75) is 11.6 Å². The minimum absolute atomic E-state index is 0.00629. The van der Waals surface area contributed by atoms with Crippen LogP contribution in [0.3, 0.4) is 0 Å². The van der Waals surface area contributed by atoms with Crippen LogP contribution in [-0.4, -0.2) is 14.2 Å². The Morgan fingerprint density at radius 2 is 1.55 bits per heavy atom. The lowest BCUT2D eigenvalue weighted by Crippen LogP contribution is -2.51. The van der Waals surface area contributed by atoms with E-state index in [1.807, 2.05) is 0 Å². The Morgan fingerprint density at radius 3 is 2.15 bits per heavy atom. The van der Waals surface area contributed by atoms with Gasteiger partial charge in [-0.05, 0) is 6.07 Å². The molecule has 4 heteroatoms. The Hall–Kier alpha value is -1.94. The Morgan fingerprint density at radius 1 is 0.950 bits per heavy atom. The van der Waals surface area contributed by atoms with Crippen molar-refractivity contribution in [3.05, 3.63) is 65.7 Å². The molecule has 2 aromatic carbocycles. The number of halogens is 2. The van der Waals surface area contributed by atoms with Crippen LogP contribution in [0.15, 0.2) is 54.6 Å². The summed E-state index contributed by atoms with van der Waals surface area (Å²) in [4.78, 5) is 1.51. The maximum atomic E-state index is 15.0. The van der Waals surface area contributed by atoms with Crippen molar-refractivity contribution in [1.29, 1.82) is 0 Å². The number of rotatable bonds is 2. The van der Waals surface area contributed by atoms with Crippen molar-refractivity contribution in [1.82, 2.24) is 0 Å². The van der Waals surface area contributed by atoms with Gasteiger partial charge in [-0.2, -0.15) is 8.78 Å². The highest BCUT2D eigenvalue weighted by atomic mass is 19.3. The van der Waals surface area contributed by atoms with Crippen LogP contribution in [0.4, 0.5) is 14.5 Å². The highest BCUT2D eigenvalue weighted by molar-refractivity contribution is 5.65. The molecule has 2 nitrogen and oxygen atoms in total. The molecule has 1 atom stereocenters. The van der Waals surface area contributed by atoms with Gasteiger partial charge in [0.1, 0.15) is 0 Å². The predicted molar refractivity (Wildman–Crippen MR) is 73.9 cm³/mol. The van der Waals surface area contributed by atoms with Gasteiger partial charge < -0.3 is 9.64 Å². The summed E-state index contributed by atoms with van der Waals surface area (Å²) in [5, 5.41) is 0. The molecule has 0 aromatic heterocycles. The summed E-state index contributed by atoms with van der Waals surface area (Å²) in [6.07, 6.45) is 0. The maximum absolute atomic E-state index is 15.0. The van der Waals surface area contributed by atoms with Crippen LogP contribution in [0.25, 0.3) is 0 Å². The van der Waals surface area contributed by atoms with Gasteiger partial charge in [0.2, 0.25) is 5.72 Å². The number of ether oxygens (including phenoxy) is 1. The summed E-state index contributed by atoms with van der Waals surface area (Å²) in [5.41, 5.74) is -0.889. The second-order valence-electron chi connectivity index (χ2n) is 4.86. The summed E-state index contributed by atoms with van der Waals surface area (Å²) in [7, 11) is 2.96. The van der Waals surface area contributed by atoms with E-state index in [1.54, 1.807) is 55.6 Å². The predicted octanol–water partition coefficient (Wildman–Crippen LogP) is 3.73. The van der Waals surface area contributed by atoms with Gasteiger partial charge in [-0.1, -0.05) is 48.5 Å². The van der Waals surface area contributed by atoms with E-state index in [-0.39, 0.29) is 5.56 Å². The Bertz CT molecular complexity index is 629. The molecule has 0 saturated heterocycles. The number of hydrogen-bond donors (Lipinski definition) is 0. The standard InChI is InChI=1S/C16H15F2NO/c1-19-14-11-7-6-10-13(14)15(17,18)16(19,20-2)12-8-4-3-5-9-12/h3-11H,1-2H3. The van der Waals surface area contributed by atoms with E-state index in [0.29, 0.717) is 11.3 Å². The molecule has 104 valence electrons. The zero-order valence-corrected chi connectivity index (χ0v) is 11.3. The van der Waals surface area contributed by atoms with Crippen LogP contribution in [0.2, 0.25) is 0 Å². The highest BCUT2D eigenvalue weighted by Crippen LogP contribution is 2.58. The number of hydrogen-bond acceptors (Lipinski definition) is 2. The Labute approximate surface area is 116 Å².